The van der Waals surface area contributed by atoms with Crippen LogP contribution in [0.15, 0.2) is 30.3 Å². The van der Waals surface area contributed by atoms with Crippen LogP contribution in [-0.2, 0) is 14.3 Å². The number of Topliss-reactive ketones (excluding diaryl/α,β-unsaturated/α-hetero) is 1. The first kappa shape index (κ1) is 16.6. The lowest BCUT2D eigenvalue weighted by molar-refractivity contribution is -0.143. The maximum Gasteiger partial charge on any atom is 0.307 e. The van der Waals surface area contributed by atoms with Gasteiger partial charge in [-0.05, 0) is 12.5 Å². The molecular formula is C16H18O5. The molecule has 0 fully saturated rings. The van der Waals surface area contributed by atoms with E-state index in [1.807, 2.05) is 0 Å². The van der Waals surface area contributed by atoms with Gasteiger partial charge in [-0.1, -0.05) is 36.4 Å². The first-order valence-electron chi connectivity index (χ1n) is 6.70. The van der Waals surface area contributed by atoms with Gasteiger partial charge >= 0.3 is 11.9 Å². The van der Waals surface area contributed by atoms with E-state index in [9.17, 15) is 14.4 Å². The summed E-state index contributed by atoms with van der Waals surface area (Å²) < 4.78 is 4.76. The lowest BCUT2D eigenvalue weighted by Crippen LogP contribution is -2.07. The Labute approximate surface area is 123 Å². The highest BCUT2D eigenvalue weighted by Crippen LogP contribution is 2.10. The Morgan fingerprint density at radius 1 is 1.14 bits per heavy atom. The van der Waals surface area contributed by atoms with E-state index < -0.39 is 5.97 Å². The molecule has 0 saturated carbocycles. The van der Waals surface area contributed by atoms with Crippen molar-refractivity contribution in [2.75, 3.05) is 6.61 Å². The van der Waals surface area contributed by atoms with Crippen molar-refractivity contribution in [3.8, 4) is 0 Å². The molecule has 5 nitrogen and oxygen atoms in total. The molecule has 0 radical (unpaired) electrons. The van der Waals surface area contributed by atoms with Gasteiger partial charge in [-0.2, -0.15) is 0 Å². The lowest BCUT2D eigenvalue weighted by atomic mass is 10.0. The Balaban J connectivity index is 2.53. The second kappa shape index (κ2) is 8.68. The van der Waals surface area contributed by atoms with Crippen LogP contribution in [0.25, 0.3) is 6.08 Å². The van der Waals surface area contributed by atoms with Crippen molar-refractivity contribution in [3.63, 3.8) is 0 Å². The zero-order chi connectivity index (χ0) is 15.7. The maximum absolute atomic E-state index is 11.9. The average Bonchev–Trinajstić information content (AvgIpc) is 2.45. The predicted molar refractivity (Wildman–Crippen MR) is 77.9 cm³/mol. The van der Waals surface area contributed by atoms with E-state index in [1.54, 1.807) is 43.3 Å². The molecule has 0 aliphatic heterocycles. The molecule has 5 heteroatoms. The molecule has 0 aliphatic carbocycles. The summed E-state index contributed by atoms with van der Waals surface area (Å²) >= 11 is 0. The number of carbonyl (C=O) groups excluding carboxylic acids is 2. The summed E-state index contributed by atoms with van der Waals surface area (Å²) in [4.78, 5) is 33.4. The van der Waals surface area contributed by atoms with Crippen molar-refractivity contribution in [3.05, 3.63) is 41.5 Å². The van der Waals surface area contributed by atoms with Crippen molar-refractivity contribution in [2.45, 2.75) is 26.2 Å². The molecule has 1 aromatic carbocycles. The van der Waals surface area contributed by atoms with Gasteiger partial charge in [0, 0.05) is 12.0 Å². The highest BCUT2D eigenvalue weighted by atomic mass is 16.5. The number of carbonyl (C=O) groups is 3. The van der Waals surface area contributed by atoms with E-state index in [-0.39, 0.29) is 31.0 Å². The second-order valence-corrected chi connectivity index (χ2v) is 4.35. The van der Waals surface area contributed by atoms with Crippen molar-refractivity contribution < 1.29 is 24.2 Å². The van der Waals surface area contributed by atoms with E-state index in [1.165, 1.54) is 0 Å². The topological polar surface area (TPSA) is 80.7 Å². The third kappa shape index (κ3) is 6.51. The van der Waals surface area contributed by atoms with Gasteiger partial charge in [-0.15, -0.1) is 0 Å². The highest BCUT2D eigenvalue weighted by molar-refractivity contribution is 5.97. The summed E-state index contributed by atoms with van der Waals surface area (Å²) in [6.45, 7) is 2.03. The molecule has 0 aromatic heterocycles. The number of esters is 1. The smallest absolute Gasteiger partial charge is 0.307 e. The monoisotopic (exact) mass is 290 g/mol. The number of carboxylic acid groups (broad SMARTS) is 1. The molecular weight excluding hydrogens is 272 g/mol. The molecule has 0 unspecified atom stereocenters. The summed E-state index contributed by atoms with van der Waals surface area (Å²) in [5.74, 6) is -1.39. The van der Waals surface area contributed by atoms with Crippen LogP contribution in [0.3, 0.4) is 0 Å². The van der Waals surface area contributed by atoms with Gasteiger partial charge in [-0.25, -0.2) is 0 Å². The lowest BCUT2D eigenvalue weighted by Gasteiger charge is -2.02. The zero-order valence-electron chi connectivity index (χ0n) is 11.9. The molecule has 1 rings (SSSR count). The van der Waals surface area contributed by atoms with Gasteiger partial charge in [0.1, 0.15) is 0 Å². The highest BCUT2D eigenvalue weighted by Gasteiger charge is 2.09. The minimum absolute atomic E-state index is 0.0414. The summed E-state index contributed by atoms with van der Waals surface area (Å²) in [7, 11) is 0. The molecule has 0 aliphatic rings. The first-order valence-corrected chi connectivity index (χ1v) is 6.70. The van der Waals surface area contributed by atoms with Gasteiger partial charge in [0.25, 0.3) is 0 Å². The number of ether oxygens (including phenoxy) is 1. The van der Waals surface area contributed by atoms with Crippen molar-refractivity contribution in [2.24, 2.45) is 0 Å². The van der Waals surface area contributed by atoms with Crippen LogP contribution in [-0.4, -0.2) is 29.4 Å². The second-order valence-electron chi connectivity index (χ2n) is 4.35. The standard InChI is InChI=1S/C16H18O5/c1-2-21-16(20)11-10-14(17)13-8-6-12(7-9-13)4-3-5-15(18)19/h3-4,6-9H,2,5,10-11H2,1H3,(H,18,19). The van der Waals surface area contributed by atoms with Crippen molar-refractivity contribution >= 4 is 23.8 Å². The molecule has 0 bridgehead atoms. The van der Waals surface area contributed by atoms with Crippen LogP contribution in [0.4, 0.5) is 0 Å². The zero-order valence-corrected chi connectivity index (χ0v) is 11.9. The number of ketones is 1. The van der Waals surface area contributed by atoms with Crippen LogP contribution in [0.5, 0.6) is 0 Å². The third-order valence-corrected chi connectivity index (χ3v) is 2.70. The van der Waals surface area contributed by atoms with Crippen LogP contribution >= 0.6 is 0 Å². The normalized spacial score (nSPS) is 10.5. The molecule has 0 heterocycles. The minimum Gasteiger partial charge on any atom is -0.481 e. The molecule has 112 valence electrons. The van der Waals surface area contributed by atoms with Crippen LogP contribution < -0.4 is 0 Å². The van der Waals surface area contributed by atoms with Gasteiger partial charge in [0.05, 0.1) is 19.4 Å². The average molecular weight is 290 g/mol. The van der Waals surface area contributed by atoms with Crippen LogP contribution in [0.2, 0.25) is 0 Å². The number of benzene rings is 1. The Bertz CT molecular complexity index is 528. The number of aliphatic carboxylic acids is 1. The maximum atomic E-state index is 11.9. The largest absolute Gasteiger partial charge is 0.481 e. The number of carboxylic acids is 1. The van der Waals surface area contributed by atoms with Crippen LogP contribution in [0, 0.1) is 0 Å². The molecule has 21 heavy (non-hydrogen) atoms. The summed E-state index contributed by atoms with van der Waals surface area (Å²) in [6, 6.07) is 6.79. The molecule has 0 saturated heterocycles. The summed E-state index contributed by atoms with van der Waals surface area (Å²) in [6.07, 6.45) is 3.38. The third-order valence-electron chi connectivity index (χ3n) is 2.70. The molecule has 0 spiro atoms. The van der Waals surface area contributed by atoms with E-state index in [2.05, 4.69) is 0 Å². The summed E-state index contributed by atoms with van der Waals surface area (Å²) in [5, 5.41) is 8.52. The van der Waals surface area contributed by atoms with Crippen molar-refractivity contribution in [1.29, 1.82) is 0 Å². The first-order chi connectivity index (χ1) is 10.0. The van der Waals surface area contributed by atoms with E-state index in [4.69, 9.17) is 9.84 Å². The number of rotatable bonds is 8. The Morgan fingerprint density at radius 2 is 1.81 bits per heavy atom. The Hall–Kier alpha value is -2.43. The van der Waals surface area contributed by atoms with Gasteiger partial charge < -0.3 is 9.84 Å². The van der Waals surface area contributed by atoms with Crippen molar-refractivity contribution in [1.82, 2.24) is 0 Å². The van der Waals surface area contributed by atoms with Crippen LogP contribution in [0.1, 0.15) is 42.1 Å². The molecule has 1 N–H and O–H groups in total. The molecule has 1 aromatic rings. The van der Waals surface area contributed by atoms with Gasteiger partial charge in [0.2, 0.25) is 0 Å². The fourth-order valence-corrected chi connectivity index (χ4v) is 1.67. The number of hydrogen-bond donors (Lipinski definition) is 1. The Kier molecular flexibility index (Phi) is 6.87. The van der Waals surface area contributed by atoms with Gasteiger partial charge in [0.15, 0.2) is 5.78 Å². The quantitative estimate of drug-likeness (QED) is 0.588. The van der Waals surface area contributed by atoms with E-state index in [0.717, 1.165) is 5.56 Å². The SMILES string of the molecule is CCOC(=O)CCC(=O)c1ccc(C=CCC(=O)O)cc1. The van der Waals surface area contributed by atoms with Gasteiger partial charge in [-0.3, -0.25) is 14.4 Å². The molecule has 0 amide bonds. The summed E-state index contributed by atoms with van der Waals surface area (Å²) in [5.41, 5.74) is 1.34. The number of hydrogen-bond acceptors (Lipinski definition) is 4. The minimum atomic E-state index is -0.892. The predicted octanol–water partition coefficient (Wildman–Crippen LogP) is 2.70. The van der Waals surface area contributed by atoms with E-state index >= 15 is 0 Å². The fourth-order valence-electron chi connectivity index (χ4n) is 1.67. The Morgan fingerprint density at radius 3 is 2.38 bits per heavy atom. The van der Waals surface area contributed by atoms with E-state index in [0.29, 0.717) is 12.2 Å². The molecule has 0 atom stereocenters. The fraction of sp³-hybridized carbons (Fsp3) is 0.312.